The Morgan fingerprint density at radius 3 is 1.35 bits per heavy atom. The van der Waals surface area contributed by atoms with E-state index in [1.807, 2.05) is 21.1 Å². The van der Waals surface area contributed by atoms with E-state index in [1.165, 1.54) is 173 Å². The minimum Gasteiger partial charge on any atom is -0.391 e. The SMILES string of the molecule is CCCCCCCCCC/C=C\CCCCCCCCCCCC(=O)NC(COP(=O)(O)OCC[N+](C)(C)C)C(O)CCCCCCCCCCCCCCCC. The third-order valence-corrected chi connectivity index (χ3v) is 12.2. The normalized spacial score (nSPS) is 14.3. The summed E-state index contributed by atoms with van der Waals surface area (Å²) in [5, 5.41) is 14.0. The zero-order valence-corrected chi connectivity index (χ0v) is 39.5. The fourth-order valence-electron chi connectivity index (χ4n) is 7.34. The molecule has 0 aliphatic carbocycles. The van der Waals surface area contributed by atoms with Gasteiger partial charge in [0.25, 0.3) is 0 Å². The minimum atomic E-state index is -4.31. The molecule has 0 aliphatic rings. The minimum absolute atomic E-state index is 0.0764. The Hall–Kier alpha value is -0.760. The summed E-state index contributed by atoms with van der Waals surface area (Å²) in [6.45, 7) is 4.90. The molecule has 0 saturated carbocycles. The largest absolute Gasteiger partial charge is 0.472 e. The first-order chi connectivity index (χ1) is 27.5. The number of carbonyl (C=O) groups excluding carboxylic acids is 1. The number of nitrogens with zero attached hydrogens (tertiary/aromatic N) is 1. The standard InChI is InChI=1S/C48H97N2O6P/c1-6-8-10-12-14-16-18-20-22-23-24-25-26-27-28-30-32-34-36-38-40-42-48(52)49-46(45-56-57(53,54)55-44-43-50(3,4)5)47(51)41-39-37-35-33-31-29-21-19-17-15-13-11-9-7-2/h23-24,46-47,51H,6-22,25-45H2,1-5H3,(H-,49,52,53,54)/p+1/b24-23-. The topological polar surface area (TPSA) is 105 Å². The molecule has 0 aromatic carbocycles. The van der Waals surface area contributed by atoms with Crippen molar-refractivity contribution in [1.29, 1.82) is 0 Å². The Morgan fingerprint density at radius 1 is 0.579 bits per heavy atom. The van der Waals surface area contributed by atoms with Gasteiger partial charge in [-0.1, -0.05) is 206 Å². The van der Waals surface area contributed by atoms with Crippen LogP contribution in [-0.4, -0.2) is 73.4 Å². The van der Waals surface area contributed by atoms with E-state index in [9.17, 15) is 19.4 Å². The van der Waals surface area contributed by atoms with Crippen molar-refractivity contribution in [2.24, 2.45) is 0 Å². The molecule has 340 valence electrons. The van der Waals surface area contributed by atoms with Crippen molar-refractivity contribution in [3.63, 3.8) is 0 Å². The molecular weight excluding hydrogens is 732 g/mol. The highest BCUT2D eigenvalue weighted by molar-refractivity contribution is 7.47. The molecule has 57 heavy (non-hydrogen) atoms. The van der Waals surface area contributed by atoms with Gasteiger partial charge in [0, 0.05) is 6.42 Å². The van der Waals surface area contributed by atoms with Crippen molar-refractivity contribution in [1.82, 2.24) is 5.32 Å². The monoisotopic (exact) mass is 830 g/mol. The Labute approximate surface area is 354 Å². The Bertz CT molecular complexity index is 942. The molecule has 0 bridgehead atoms. The lowest BCUT2D eigenvalue weighted by molar-refractivity contribution is -0.870. The van der Waals surface area contributed by atoms with Crippen LogP contribution in [0, 0.1) is 0 Å². The fraction of sp³-hybridized carbons (Fsp3) is 0.938. The summed E-state index contributed by atoms with van der Waals surface area (Å²) in [5.41, 5.74) is 0. The lowest BCUT2D eigenvalue weighted by atomic mass is 10.0. The zero-order valence-electron chi connectivity index (χ0n) is 38.6. The molecule has 0 aromatic heterocycles. The van der Waals surface area contributed by atoms with Gasteiger partial charge >= 0.3 is 7.82 Å². The number of hydrogen-bond acceptors (Lipinski definition) is 5. The number of quaternary nitrogens is 1. The second kappa shape index (κ2) is 40.6. The highest BCUT2D eigenvalue weighted by Crippen LogP contribution is 2.43. The molecule has 9 heteroatoms. The fourth-order valence-corrected chi connectivity index (χ4v) is 8.07. The van der Waals surface area contributed by atoms with Gasteiger partial charge in [-0.15, -0.1) is 0 Å². The lowest BCUT2D eigenvalue weighted by Gasteiger charge is -2.26. The quantitative estimate of drug-likeness (QED) is 0.0244. The maximum atomic E-state index is 12.9. The highest BCUT2D eigenvalue weighted by atomic mass is 31.2. The molecule has 0 heterocycles. The molecular formula is C48H98N2O6P+. The number of rotatable bonds is 45. The summed E-state index contributed by atoms with van der Waals surface area (Å²) < 4.78 is 23.7. The first-order valence-corrected chi connectivity index (χ1v) is 26.0. The van der Waals surface area contributed by atoms with E-state index < -0.39 is 20.0 Å². The molecule has 0 aromatic rings. The van der Waals surface area contributed by atoms with Crippen molar-refractivity contribution in [3.05, 3.63) is 12.2 Å². The van der Waals surface area contributed by atoms with Crippen LogP contribution in [0.2, 0.25) is 0 Å². The number of carbonyl (C=O) groups is 1. The van der Waals surface area contributed by atoms with E-state index in [1.54, 1.807) is 0 Å². The number of aliphatic hydroxyl groups excluding tert-OH is 1. The van der Waals surface area contributed by atoms with Crippen LogP contribution in [0.25, 0.3) is 0 Å². The van der Waals surface area contributed by atoms with E-state index in [2.05, 4.69) is 31.3 Å². The molecule has 3 N–H and O–H groups in total. The summed E-state index contributed by atoms with van der Waals surface area (Å²) in [6, 6.07) is -0.757. The van der Waals surface area contributed by atoms with Crippen molar-refractivity contribution < 1.29 is 32.9 Å². The number of likely N-dealkylation sites (N-methyl/N-ethyl adjacent to an activating group) is 1. The van der Waals surface area contributed by atoms with E-state index in [0.29, 0.717) is 23.9 Å². The van der Waals surface area contributed by atoms with Gasteiger partial charge in [0.2, 0.25) is 5.91 Å². The van der Waals surface area contributed by atoms with Crippen LogP contribution < -0.4 is 5.32 Å². The Balaban J connectivity index is 4.24. The van der Waals surface area contributed by atoms with Gasteiger partial charge < -0.3 is 19.8 Å². The van der Waals surface area contributed by atoms with Crippen LogP contribution in [0.1, 0.15) is 239 Å². The molecule has 1 amide bonds. The average Bonchev–Trinajstić information content (AvgIpc) is 3.16. The molecule has 0 rings (SSSR count). The number of unbranched alkanes of at least 4 members (excludes halogenated alkanes) is 30. The first kappa shape index (κ1) is 56.2. The molecule has 8 nitrogen and oxygen atoms in total. The van der Waals surface area contributed by atoms with E-state index in [-0.39, 0.29) is 19.1 Å². The van der Waals surface area contributed by atoms with Crippen LogP contribution in [0.5, 0.6) is 0 Å². The predicted molar refractivity (Wildman–Crippen MR) is 245 cm³/mol. The number of phosphoric acid groups is 1. The predicted octanol–water partition coefficient (Wildman–Crippen LogP) is 13.9. The second-order valence-corrected chi connectivity index (χ2v) is 19.6. The molecule has 3 atom stereocenters. The van der Waals surface area contributed by atoms with E-state index in [4.69, 9.17) is 9.05 Å². The number of allylic oxidation sites excluding steroid dienone is 2. The summed E-state index contributed by atoms with van der Waals surface area (Å²) >= 11 is 0. The number of phosphoric ester groups is 1. The molecule has 0 radical (unpaired) electrons. The van der Waals surface area contributed by atoms with Gasteiger partial charge in [-0.2, -0.15) is 0 Å². The van der Waals surface area contributed by atoms with Crippen LogP contribution >= 0.6 is 7.82 Å². The maximum Gasteiger partial charge on any atom is 0.472 e. The van der Waals surface area contributed by atoms with Crippen LogP contribution in [0.3, 0.4) is 0 Å². The van der Waals surface area contributed by atoms with Crippen LogP contribution in [0.4, 0.5) is 0 Å². The second-order valence-electron chi connectivity index (χ2n) is 18.2. The van der Waals surface area contributed by atoms with Crippen molar-refractivity contribution in [3.8, 4) is 0 Å². The number of amides is 1. The average molecular weight is 830 g/mol. The third-order valence-electron chi connectivity index (χ3n) is 11.3. The van der Waals surface area contributed by atoms with Crippen LogP contribution in [0.15, 0.2) is 12.2 Å². The van der Waals surface area contributed by atoms with Crippen molar-refractivity contribution >= 4 is 13.7 Å². The van der Waals surface area contributed by atoms with Gasteiger partial charge in [-0.3, -0.25) is 13.8 Å². The van der Waals surface area contributed by atoms with Crippen LogP contribution in [-0.2, 0) is 18.4 Å². The van der Waals surface area contributed by atoms with E-state index in [0.717, 1.165) is 38.5 Å². The number of nitrogens with one attached hydrogen (secondary N) is 1. The molecule has 0 saturated heterocycles. The third kappa shape index (κ3) is 43.1. The van der Waals surface area contributed by atoms with Gasteiger partial charge in [-0.05, 0) is 38.5 Å². The smallest absolute Gasteiger partial charge is 0.391 e. The first-order valence-electron chi connectivity index (χ1n) is 24.6. The van der Waals surface area contributed by atoms with E-state index >= 15 is 0 Å². The zero-order chi connectivity index (χ0) is 42.1. The summed E-state index contributed by atoms with van der Waals surface area (Å²) in [6.07, 6.45) is 46.7. The van der Waals surface area contributed by atoms with Crippen molar-refractivity contribution in [2.75, 3.05) is 40.9 Å². The Kier molecular flexibility index (Phi) is 40.1. The van der Waals surface area contributed by atoms with Gasteiger partial charge in [0.15, 0.2) is 0 Å². The molecule has 0 aliphatic heterocycles. The molecule has 0 fully saturated rings. The summed E-state index contributed by atoms with van der Waals surface area (Å²) in [7, 11) is 1.62. The van der Waals surface area contributed by atoms with Gasteiger partial charge in [-0.25, -0.2) is 4.57 Å². The highest BCUT2D eigenvalue weighted by Gasteiger charge is 2.28. The molecule has 0 spiro atoms. The Morgan fingerprint density at radius 2 is 0.947 bits per heavy atom. The van der Waals surface area contributed by atoms with Gasteiger partial charge in [0.05, 0.1) is 39.9 Å². The maximum absolute atomic E-state index is 12.9. The summed E-state index contributed by atoms with van der Waals surface area (Å²) in [4.78, 5) is 23.2. The number of hydrogen-bond donors (Lipinski definition) is 3. The number of aliphatic hydroxyl groups is 1. The molecule has 3 unspecified atom stereocenters. The van der Waals surface area contributed by atoms with Gasteiger partial charge in [0.1, 0.15) is 13.2 Å². The lowest BCUT2D eigenvalue weighted by Crippen LogP contribution is -2.46. The summed E-state index contributed by atoms with van der Waals surface area (Å²) in [5.74, 6) is -0.144. The van der Waals surface area contributed by atoms with Crippen molar-refractivity contribution in [2.45, 2.75) is 251 Å².